The van der Waals surface area contributed by atoms with Gasteiger partial charge >= 0.3 is 0 Å². The zero-order valence-corrected chi connectivity index (χ0v) is 10.5. The molecule has 0 rings (SSSR count). The largest absolute Gasteiger partial charge is 0.392 e. The van der Waals surface area contributed by atoms with Crippen molar-refractivity contribution in [3.63, 3.8) is 0 Å². The number of ketones is 1. The zero-order valence-electron chi connectivity index (χ0n) is 10.5. The van der Waals surface area contributed by atoms with Crippen molar-refractivity contribution in [1.82, 2.24) is 0 Å². The Balaban J connectivity index is 4.07. The van der Waals surface area contributed by atoms with Gasteiger partial charge in [0.15, 0.2) is 0 Å². The molecule has 16 heavy (non-hydrogen) atoms. The Bertz CT molecular complexity index is 239. The van der Waals surface area contributed by atoms with Crippen LogP contribution in [0.4, 0.5) is 0 Å². The molecule has 0 saturated carbocycles. The Kier molecular flexibility index (Phi) is 10.0. The van der Waals surface area contributed by atoms with Crippen molar-refractivity contribution >= 4 is 5.78 Å². The highest BCUT2D eigenvalue weighted by molar-refractivity contribution is 5.75. The second kappa shape index (κ2) is 10.6. The fourth-order valence-corrected chi connectivity index (χ4v) is 1.46. The van der Waals surface area contributed by atoms with Crippen LogP contribution in [0.1, 0.15) is 52.4 Å². The topological polar surface area (TPSA) is 37.3 Å². The van der Waals surface area contributed by atoms with Crippen LogP contribution in [-0.4, -0.2) is 17.5 Å². The van der Waals surface area contributed by atoms with Crippen LogP contribution in [0, 0.1) is 0 Å². The smallest absolute Gasteiger partial charge is 0.130 e. The number of allylic oxidation sites excluding steroid dienone is 3. The number of aliphatic hydroxyl groups is 1. The zero-order chi connectivity index (χ0) is 12.2. The first-order chi connectivity index (χ1) is 7.70. The molecule has 1 N–H and O–H groups in total. The van der Waals surface area contributed by atoms with Crippen LogP contribution in [0.5, 0.6) is 0 Å². The van der Waals surface area contributed by atoms with Gasteiger partial charge in [-0.1, -0.05) is 43.6 Å². The van der Waals surface area contributed by atoms with E-state index in [0.29, 0.717) is 6.42 Å². The van der Waals surface area contributed by atoms with Crippen molar-refractivity contribution in [3.05, 3.63) is 23.8 Å². The maximum atomic E-state index is 10.9. The lowest BCUT2D eigenvalue weighted by Crippen LogP contribution is -1.91. The average Bonchev–Trinajstić information content (AvgIpc) is 2.26. The predicted molar refractivity (Wildman–Crippen MR) is 68.4 cm³/mol. The molecular formula is C14H24O2. The third-order valence-electron chi connectivity index (χ3n) is 2.42. The molecule has 0 aromatic rings. The molecule has 92 valence electrons. The minimum atomic E-state index is 0.0619. The second-order valence-corrected chi connectivity index (χ2v) is 4.06. The van der Waals surface area contributed by atoms with E-state index in [4.69, 9.17) is 5.11 Å². The van der Waals surface area contributed by atoms with Crippen LogP contribution in [0.25, 0.3) is 0 Å². The van der Waals surface area contributed by atoms with E-state index in [9.17, 15) is 4.79 Å². The Morgan fingerprint density at radius 1 is 1.25 bits per heavy atom. The monoisotopic (exact) mass is 224 g/mol. The minimum absolute atomic E-state index is 0.0619. The molecule has 0 unspecified atom stereocenters. The number of carbonyl (C=O) groups is 1. The van der Waals surface area contributed by atoms with Crippen LogP contribution in [0.3, 0.4) is 0 Å². The summed E-state index contributed by atoms with van der Waals surface area (Å²) in [5, 5.41) is 8.72. The predicted octanol–water partition coefficient (Wildman–Crippen LogP) is 3.41. The Morgan fingerprint density at radius 2 is 2.00 bits per heavy atom. The van der Waals surface area contributed by atoms with E-state index in [-0.39, 0.29) is 12.4 Å². The van der Waals surface area contributed by atoms with Crippen molar-refractivity contribution in [2.45, 2.75) is 52.4 Å². The van der Waals surface area contributed by atoms with Crippen molar-refractivity contribution in [3.8, 4) is 0 Å². The summed E-state index contributed by atoms with van der Waals surface area (Å²) in [5.41, 5.74) is 1.17. The summed E-state index contributed by atoms with van der Waals surface area (Å²) in [6.07, 6.45) is 12.0. The van der Waals surface area contributed by atoms with Crippen molar-refractivity contribution in [2.24, 2.45) is 0 Å². The molecule has 0 fully saturated rings. The van der Waals surface area contributed by atoms with E-state index in [2.05, 4.69) is 13.0 Å². The fourth-order valence-electron chi connectivity index (χ4n) is 1.46. The quantitative estimate of drug-likeness (QED) is 0.481. The van der Waals surface area contributed by atoms with E-state index in [1.54, 1.807) is 13.0 Å². The summed E-state index contributed by atoms with van der Waals surface area (Å²) in [6, 6.07) is 0. The molecule has 0 saturated heterocycles. The van der Waals surface area contributed by atoms with Gasteiger partial charge in [0.05, 0.1) is 6.61 Å². The van der Waals surface area contributed by atoms with E-state index in [1.165, 1.54) is 24.8 Å². The number of carbonyl (C=O) groups excluding carboxylic acids is 1. The minimum Gasteiger partial charge on any atom is -0.392 e. The number of unbranched alkanes of at least 4 members (excludes halogenated alkanes) is 3. The summed E-state index contributed by atoms with van der Waals surface area (Å²) in [4.78, 5) is 10.9. The van der Waals surface area contributed by atoms with Crippen LogP contribution < -0.4 is 0 Å². The summed E-state index contributed by atoms with van der Waals surface area (Å²) >= 11 is 0. The molecule has 0 aliphatic heterocycles. The summed E-state index contributed by atoms with van der Waals surface area (Å²) < 4.78 is 0. The molecule has 0 spiro atoms. The molecule has 0 bridgehead atoms. The third kappa shape index (κ3) is 9.66. The molecule has 2 nitrogen and oxygen atoms in total. The van der Waals surface area contributed by atoms with Gasteiger partial charge in [-0.2, -0.15) is 0 Å². The van der Waals surface area contributed by atoms with Crippen LogP contribution in [-0.2, 0) is 4.79 Å². The van der Waals surface area contributed by atoms with E-state index < -0.39 is 0 Å². The van der Waals surface area contributed by atoms with Gasteiger partial charge in [0, 0.05) is 6.42 Å². The van der Waals surface area contributed by atoms with Crippen LogP contribution >= 0.6 is 0 Å². The van der Waals surface area contributed by atoms with Gasteiger partial charge in [0.25, 0.3) is 0 Å². The molecule has 0 aromatic heterocycles. The van der Waals surface area contributed by atoms with Crippen molar-refractivity contribution in [1.29, 1.82) is 0 Å². The summed E-state index contributed by atoms with van der Waals surface area (Å²) in [5.74, 6) is 0.219. The second-order valence-electron chi connectivity index (χ2n) is 4.06. The SMILES string of the molecule is CCCCC/C=C(/C=C/CO)CCC(C)=O. The first-order valence-corrected chi connectivity index (χ1v) is 6.16. The number of aliphatic hydroxyl groups excluding tert-OH is 1. The lowest BCUT2D eigenvalue weighted by Gasteiger charge is -2.01. The normalized spacial score (nSPS) is 12.3. The van der Waals surface area contributed by atoms with Gasteiger partial charge in [0.1, 0.15) is 5.78 Å². The summed E-state index contributed by atoms with van der Waals surface area (Å²) in [6.45, 7) is 3.86. The van der Waals surface area contributed by atoms with Gasteiger partial charge in [-0.05, 0) is 26.2 Å². The number of Topliss-reactive ketones (excluding diaryl/α,β-unsaturated/α-hetero) is 1. The first kappa shape index (κ1) is 15.1. The van der Waals surface area contributed by atoms with Crippen LogP contribution in [0.2, 0.25) is 0 Å². The highest BCUT2D eigenvalue weighted by atomic mass is 16.2. The molecule has 0 radical (unpaired) electrons. The van der Waals surface area contributed by atoms with Crippen molar-refractivity contribution < 1.29 is 9.90 Å². The molecule has 2 heteroatoms. The number of hydrogen-bond acceptors (Lipinski definition) is 2. The van der Waals surface area contributed by atoms with Gasteiger partial charge in [0.2, 0.25) is 0 Å². The van der Waals surface area contributed by atoms with Gasteiger partial charge in [-0.25, -0.2) is 0 Å². The van der Waals surface area contributed by atoms with E-state index >= 15 is 0 Å². The maximum absolute atomic E-state index is 10.9. The Morgan fingerprint density at radius 3 is 2.56 bits per heavy atom. The molecule has 0 aliphatic carbocycles. The standard InChI is InChI=1S/C14H24O2/c1-3-4-5-6-8-14(9-7-12-15)11-10-13(2)16/h7-9,15H,3-6,10-12H2,1-2H3/b9-7+,14-8-. The van der Waals surface area contributed by atoms with Crippen LogP contribution in [0.15, 0.2) is 23.8 Å². The van der Waals surface area contributed by atoms with Gasteiger partial charge < -0.3 is 9.90 Å². The molecule has 0 atom stereocenters. The van der Waals surface area contributed by atoms with Gasteiger partial charge in [-0.3, -0.25) is 0 Å². The van der Waals surface area contributed by atoms with Gasteiger partial charge in [-0.15, -0.1) is 0 Å². The summed E-state index contributed by atoms with van der Waals surface area (Å²) in [7, 11) is 0. The average molecular weight is 224 g/mol. The molecular weight excluding hydrogens is 200 g/mol. The lowest BCUT2D eigenvalue weighted by atomic mass is 10.0. The first-order valence-electron chi connectivity index (χ1n) is 6.16. The molecule has 0 aliphatic rings. The third-order valence-corrected chi connectivity index (χ3v) is 2.42. The Hall–Kier alpha value is -0.890. The van der Waals surface area contributed by atoms with Crippen molar-refractivity contribution in [2.75, 3.05) is 6.61 Å². The van der Waals surface area contributed by atoms with E-state index in [0.717, 1.165) is 12.8 Å². The molecule has 0 amide bonds. The van der Waals surface area contributed by atoms with E-state index in [1.807, 2.05) is 6.08 Å². The molecule has 0 heterocycles. The number of hydrogen-bond donors (Lipinski definition) is 1. The Labute approximate surface area is 99.1 Å². The maximum Gasteiger partial charge on any atom is 0.130 e. The number of rotatable bonds is 9. The highest BCUT2D eigenvalue weighted by Gasteiger charge is 1.97. The fraction of sp³-hybridized carbons (Fsp3) is 0.643. The highest BCUT2D eigenvalue weighted by Crippen LogP contribution is 2.11. The lowest BCUT2D eigenvalue weighted by molar-refractivity contribution is -0.116. The molecule has 0 aromatic carbocycles.